The smallest absolute Gasteiger partial charge is 0.416 e. The Kier molecular flexibility index (Phi) is 12.1. The van der Waals surface area contributed by atoms with Gasteiger partial charge in [0.15, 0.2) is 12.0 Å². The lowest BCUT2D eigenvalue weighted by atomic mass is 9.98. The summed E-state index contributed by atoms with van der Waals surface area (Å²) in [5.74, 6) is -1.46. The first-order valence-corrected chi connectivity index (χ1v) is 16.1. The average molecular weight is 701 g/mol. The second kappa shape index (κ2) is 15.9. The van der Waals surface area contributed by atoms with Crippen LogP contribution in [0.15, 0.2) is 72.1 Å². The number of nitrogens with one attached hydrogen (secondary N) is 2. The highest BCUT2D eigenvalue weighted by atomic mass is 19.4. The van der Waals surface area contributed by atoms with Crippen molar-refractivity contribution < 1.29 is 42.1 Å². The number of ether oxygens (including phenoxy) is 2. The van der Waals surface area contributed by atoms with Crippen molar-refractivity contribution in [2.24, 2.45) is 4.99 Å². The third-order valence-corrected chi connectivity index (χ3v) is 7.71. The highest BCUT2D eigenvalue weighted by Crippen LogP contribution is 2.37. The Morgan fingerprint density at radius 3 is 2.26 bits per heavy atom. The number of rotatable bonds is 12. The van der Waals surface area contributed by atoms with Crippen LogP contribution in [0.3, 0.4) is 0 Å². The molecule has 3 N–H and O–H groups in total. The van der Waals surface area contributed by atoms with Crippen molar-refractivity contribution in [3.05, 3.63) is 83.8 Å². The molecule has 2 unspecified atom stereocenters. The topological polar surface area (TPSA) is 147 Å². The molecule has 12 nitrogen and oxygen atoms in total. The molecule has 0 bridgehead atoms. The van der Waals surface area contributed by atoms with Gasteiger partial charge in [-0.15, -0.1) is 0 Å². The van der Waals surface area contributed by atoms with Gasteiger partial charge in [-0.05, 0) is 64.7 Å². The summed E-state index contributed by atoms with van der Waals surface area (Å²) in [4.78, 5) is 49.6. The van der Waals surface area contributed by atoms with Crippen molar-refractivity contribution in [1.29, 1.82) is 0 Å². The van der Waals surface area contributed by atoms with Crippen molar-refractivity contribution >= 4 is 29.4 Å². The van der Waals surface area contributed by atoms with Crippen molar-refractivity contribution in [2.45, 2.75) is 83.7 Å². The van der Waals surface area contributed by atoms with Gasteiger partial charge in [-0.1, -0.05) is 48.5 Å². The summed E-state index contributed by atoms with van der Waals surface area (Å²) < 4.78 is 54.5. The van der Waals surface area contributed by atoms with Gasteiger partial charge in [0.2, 0.25) is 5.91 Å². The minimum Gasteiger partial charge on any atom is -0.444 e. The van der Waals surface area contributed by atoms with Crippen LogP contribution >= 0.6 is 0 Å². The van der Waals surface area contributed by atoms with E-state index in [0.717, 1.165) is 24.5 Å². The molecular weight excluding hydrogens is 657 g/mol. The van der Waals surface area contributed by atoms with E-state index in [-0.39, 0.29) is 30.3 Å². The Morgan fingerprint density at radius 1 is 0.980 bits per heavy atom. The summed E-state index contributed by atoms with van der Waals surface area (Å²) in [6.45, 7) is 8.59. The van der Waals surface area contributed by atoms with Crippen molar-refractivity contribution in [2.75, 3.05) is 25.0 Å². The Balaban J connectivity index is 1.61. The molecule has 1 aliphatic rings. The standard InChI is InChI=1S/C35H43F3N6O6/c1-33(2,3)50-32(48)42-34(4,5)31(47)40-26(21-49-20-23-13-7-6-8-14-23)29(45)41-27-19-44(22-39-27)28(30(46)43-17-11-12-18-43)24-15-9-10-16-25(24)35(36,37)38/h6-10,13-16,19,22,28,31,47H,11-12,17-18,20-21H2,1-5H3,(H,41,45)(H,42,48). The van der Waals surface area contributed by atoms with Crippen LogP contribution in [0, 0.1) is 0 Å². The Morgan fingerprint density at radius 2 is 1.62 bits per heavy atom. The van der Waals surface area contributed by atoms with E-state index in [2.05, 4.69) is 20.6 Å². The van der Waals surface area contributed by atoms with Crippen LogP contribution in [0.25, 0.3) is 0 Å². The van der Waals surface area contributed by atoms with E-state index in [0.29, 0.717) is 13.1 Å². The minimum atomic E-state index is -4.73. The number of nitrogens with zero attached hydrogens (tertiary/aromatic N) is 4. The number of amides is 3. The van der Waals surface area contributed by atoms with E-state index in [9.17, 15) is 32.7 Å². The fraction of sp³-hybridized carbons (Fsp3) is 0.457. The third-order valence-electron chi connectivity index (χ3n) is 7.71. The first-order valence-electron chi connectivity index (χ1n) is 16.1. The van der Waals surface area contributed by atoms with E-state index in [1.165, 1.54) is 54.0 Å². The number of alkyl carbamates (subject to hydrolysis) is 1. The number of alkyl halides is 3. The van der Waals surface area contributed by atoms with E-state index in [4.69, 9.17) is 9.47 Å². The number of benzene rings is 2. The molecule has 0 spiro atoms. The Bertz CT molecular complexity index is 1660. The lowest BCUT2D eigenvalue weighted by Gasteiger charge is -2.31. The molecule has 0 radical (unpaired) electrons. The highest BCUT2D eigenvalue weighted by Gasteiger charge is 2.39. The lowest BCUT2D eigenvalue weighted by molar-refractivity contribution is -0.139. The molecule has 15 heteroatoms. The van der Waals surface area contributed by atoms with Gasteiger partial charge in [-0.2, -0.15) is 13.2 Å². The Labute approximate surface area is 288 Å². The van der Waals surface area contributed by atoms with Crippen LogP contribution in [0.5, 0.6) is 0 Å². The molecule has 3 amide bonds. The molecule has 2 heterocycles. The molecule has 270 valence electrons. The summed E-state index contributed by atoms with van der Waals surface area (Å²) in [6, 6.07) is 12.6. The highest BCUT2D eigenvalue weighted by molar-refractivity contribution is 6.43. The number of imidazole rings is 1. The summed E-state index contributed by atoms with van der Waals surface area (Å²) in [7, 11) is 0. The summed E-state index contributed by atoms with van der Waals surface area (Å²) >= 11 is 0. The summed E-state index contributed by atoms with van der Waals surface area (Å²) in [6.07, 6.45) is -3.28. The van der Waals surface area contributed by atoms with Crippen LogP contribution in [0.2, 0.25) is 0 Å². The second-order valence-corrected chi connectivity index (χ2v) is 13.5. The summed E-state index contributed by atoms with van der Waals surface area (Å²) in [5.41, 5.74) is -2.88. The number of carbonyl (C=O) groups is 3. The molecule has 1 fully saturated rings. The number of aliphatic imine (C=N–C) groups is 1. The fourth-order valence-electron chi connectivity index (χ4n) is 5.20. The molecule has 1 saturated heterocycles. The average Bonchev–Trinajstić information content (AvgIpc) is 3.73. The van der Waals surface area contributed by atoms with Gasteiger partial charge in [-0.3, -0.25) is 9.59 Å². The number of aliphatic hydroxyl groups is 1. The first kappa shape index (κ1) is 38.0. The number of aliphatic hydroxyl groups excluding tert-OH is 1. The maximum atomic E-state index is 14.1. The normalized spacial score (nSPS) is 15.4. The third kappa shape index (κ3) is 10.4. The molecular formula is C35H43F3N6O6. The van der Waals surface area contributed by atoms with Crippen molar-refractivity contribution in [1.82, 2.24) is 19.8 Å². The molecule has 4 rings (SSSR count). The van der Waals surface area contributed by atoms with Gasteiger partial charge < -0.3 is 34.7 Å². The maximum Gasteiger partial charge on any atom is 0.416 e. The zero-order chi connectivity index (χ0) is 36.7. The van der Waals surface area contributed by atoms with Crippen LogP contribution in [0.1, 0.15) is 70.2 Å². The van der Waals surface area contributed by atoms with E-state index < -0.39 is 53.1 Å². The number of halogens is 3. The molecule has 1 aliphatic heterocycles. The summed E-state index contributed by atoms with van der Waals surface area (Å²) in [5, 5.41) is 16.1. The van der Waals surface area contributed by atoms with Gasteiger partial charge in [0.25, 0.3) is 5.91 Å². The van der Waals surface area contributed by atoms with Crippen molar-refractivity contribution in [3.63, 3.8) is 0 Å². The number of carbonyl (C=O) groups excluding carboxylic acids is 3. The molecule has 1 aromatic heterocycles. The monoisotopic (exact) mass is 700 g/mol. The van der Waals surface area contributed by atoms with Gasteiger partial charge in [-0.25, -0.2) is 14.8 Å². The van der Waals surface area contributed by atoms with Gasteiger partial charge in [0.05, 0.1) is 30.6 Å². The predicted molar refractivity (Wildman–Crippen MR) is 179 cm³/mol. The molecule has 0 aliphatic carbocycles. The van der Waals surface area contributed by atoms with Crippen LogP contribution < -0.4 is 10.6 Å². The first-order chi connectivity index (χ1) is 23.4. The second-order valence-electron chi connectivity index (χ2n) is 13.5. The van der Waals surface area contributed by atoms with Gasteiger partial charge >= 0.3 is 12.3 Å². The van der Waals surface area contributed by atoms with Crippen LogP contribution in [0.4, 0.5) is 23.8 Å². The van der Waals surface area contributed by atoms with Crippen LogP contribution in [-0.2, 0) is 31.8 Å². The molecule has 2 atom stereocenters. The number of anilines is 1. The van der Waals surface area contributed by atoms with Crippen molar-refractivity contribution in [3.8, 4) is 0 Å². The molecule has 0 saturated carbocycles. The number of hydrogen-bond acceptors (Lipinski definition) is 8. The SMILES string of the molecule is CC(C)(C)OC(=O)NC(C)(C)C(O)N=C(COCc1ccccc1)C(=O)Nc1cn(C(C(=O)N2CCCC2)c2ccccc2C(F)(F)F)cn1. The van der Waals surface area contributed by atoms with Gasteiger partial charge in [0, 0.05) is 19.3 Å². The Hall–Kier alpha value is -4.76. The molecule has 2 aromatic carbocycles. The predicted octanol–water partition coefficient (Wildman–Crippen LogP) is 5.33. The zero-order valence-corrected chi connectivity index (χ0v) is 28.7. The largest absolute Gasteiger partial charge is 0.444 e. The fourth-order valence-corrected chi connectivity index (χ4v) is 5.20. The number of aromatic nitrogens is 2. The molecule has 50 heavy (non-hydrogen) atoms. The van der Waals surface area contributed by atoms with E-state index >= 15 is 0 Å². The van der Waals surface area contributed by atoms with Crippen LogP contribution in [-0.4, -0.2) is 80.2 Å². The number of hydrogen-bond donors (Lipinski definition) is 3. The molecule has 3 aromatic rings. The van der Waals surface area contributed by atoms with E-state index in [1.807, 2.05) is 30.3 Å². The quantitative estimate of drug-likeness (QED) is 0.217. The minimum absolute atomic E-state index is 0.0879. The number of likely N-dealkylation sites (tertiary alicyclic amines) is 1. The maximum absolute atomic E-state index is 14.1. The van der Waals surface area contributed by atoms with E-state index in [1.54, 1.807) is 20.8 Å². The van der Waals surface area contributed by atoms with Gasteiger partial charge in [0.1, 0.15) is 17.4 Å². The zero-order valence-electron chi connectivity index (χ0n) is 28.7. The lowest BCUT2D eigenvalue weighted by Crippen LogP contribution is -2.53.